The van der Waals surface area contributed by atoms with E-state index in [1.807, 2.05) is 32.0 Å². The quantitative estimate of drug-likeness (QED) is 0.328. The number of nitrogens with one attached hydrogen (secondary N) is 2. The van der Waals surface area contributed by atoms with Gasteiger partial charge in [-0.3, -0.25) is 14.6 Å². The third-order valence-corrected chi connectivity index (χ3v) is 6.49. The molecular weight excluding hydrogens is 506 g/mol. The minimum Gasteiger partial charge on any atom is -0.478 e. The van der Waals surface area contributed by atoms with Gasteiger partial charge in [-0.05, 0) is 76.1 Å². The molecule has 10 nitrogen and oxygen atoms in total. The van der Waals surface area contributed by atoms with Crippen LogP contribution in [0.25, 0.3) is 22.7 Å². The summed E-state index contributed by atoms with van der Waals surface area (Å²) in [5, 5.41) is 12.6. The van der Waals surface area contributed by atoms with Crippen molar-refractivity contribution in [3.05, 3.63) is 86.9 Å². The van der Waals surface area contributed by atoms with Gasteiger partial charge in [-0.1, -0.05) is 23.7 Å². The molecule has 0 aliphatic carbocycles. The van der Waals surface area contributed by atoms with E-state index in [-0.39, 0.29) is 11.5 Å². The van der Waals surface area contributed by atoms with Gasteiger partial charge in [0.05, 0.1) is 17.6 Å². The predicted octanol–water partition coefficient (Wildman–Crippen LogP) is 4.67. The minimum atomic E-state index is -1.23. The molecule has 0 radical (unpaired) electrons. The zero-order valence-electron chi connectivity index (χ0n) is 21.5. The number of amides is 1. The Kier molecular flexibility index (Phi) is 6.28. The molecule has 0 aliphatic rings. The van der Waals surface area contributed by atoms with Crippen LogP contribution in [0.5, 0.6) is 5.75 Å². The van der Waals surface area contributed by atoms with E-state index in [0.717, 1.165) is 16.8 Å². The molecule has 5 aromatic rings. The van der Waals surface area contributed by atoms with E-state index in [1.54, 1.807) is 55.8 Å². The molecule has 0 saturated carbocycles. The number of carbonyl (C=O) groups is 1. The van der Waals surface area contributed by atoms with Crippen molar-refractivity contribution < 1.29 is 9.53 Å². The number of aryl methyl sites for hydroxylation is 2. The Hall–Kier alpha value is -4.44. The van der Waals surface area contributed by atoms with Gasteiger partial charge in [0.25, 0.3) is 11.5 Å². The first kappa shape index (κ1) is 25.2. The van der Waals surface area contributed by atoms with E-state index in [0.29, 0.717) is 33.3 Å². The Bertz CT molecular complexity index is 1730. The standard InChI is InChI=1S/C27H26ClN7O3/c1-15-7-6-8-21(17(15)3)34-23-20(14-29-34)24(36)32-26(31-23)35-22(13-16(2)33-35)30-25(37)27(4,5)38-19-11-9-18(28)10-12-19/h6-14H,1-5H3,(H,30,37)(H,31,32,36). The smallest absolute Gasteiger partial charge is 0.269 e. The monoisotopic (exact) mass is 531 g/mol. The van der Waals surface area contributed by atoms with Crippen LogP contribution in [0.2, 0.25) is 5.02 Å². The Balaban J connectivity index is 1.51. The SMILES string of the molecule is Cc1cc(NC(=O)C(C)(C)Oc2ccc(Cl)cc2)n(-c2nc3c(cnn3-c3cccc(C)c3C)c(=O)[nH]2)n1. The van der Waals surface area contributed by atoms with Crippen molar-refractivity contribution >= 4 is 34.4 Å². The highest BCUT2D eigenvalue weighted by molar-refractivity contribution is 6.30. The number of hydrogen-bond donors (Lipinski definition) is 2. The fourth-order valence-electron chi connectivity index (χ4n) is 4.01. The van der Waals surface area contributed by atoms with E-state index < -0.39 is 11.5 Å². The van der Waals surface area contributed by atoms with Gasteiger partial charge in [0, 0.05) is 11.1 Å². The summed E-state index contributed by atoms with van der Waals surface area (Å²) in [5.41, 5.74) is 2.30. The number of H-pyrrole nitrogens is 1. The number of ether oxygens (including phenoxy) is 1. The van der Waals surface area contributed by atoms with E-state index in [2.05, 4.69) is 25.5 Å². The number of benzene rings is 2. The molecule has 38 heavy (non-hydrogen) atoms. The van der Waals surface area contributed by atoms with E-state index >= 15 is 0 Å². The Morgan fingerprint density at radius 2 is 1.82 bits per heavy atom. The highest BCUT2D eigenvalue weighted by Crippen LogP contribution is 2.24. The Labute approximate surface area is 223 Å². The van der Waals surface area contributed by atoms with Crippen LogP contribution < -0.4 is 15.6 Å². The van der Waals surface area contributed by atoms with Crippen molar-refractivity contribution in [2.24, 2.45) is 0 Å². The van der Waals surface area contributed by atoms with Crippen LogP contribution >= 0.6 is 11.6 Å². The number of fused-ring (bicyclic) bond motifs is 1. The van der Waals surface area contributed by atoms with Gasteiger partial charge in [0.2, 0.25) is 5.95 Å². The molecule has 0 spiro atoms. The number of aromatic amines is 1. The molecule has 0 bridgehead atoms. The number of nitrogens with zero attached hydrogens (tertiary/aromatic N) is 5. The van der Waals surface area contributed by atoms with Gasteiger partial charge < -0.3 is 10.1 Å². The average Bonchev–Trinajstić information content (AvgIpc) is 3.45. The summed E-state index contributed by atoms with van der Waals surface area (Å²) in [7, 11) is 0. The lowest BCUT2D eigenvalue weighted by molar-refractivity contribution is -0.128. The summed E-state index contributed by atoms with van der Waals surface area (Å²) in [6, 6.07) is 14.3. The zero-order chi connectivity index (χ0) is 27.2. The van der Waals surface area contributed by atoms with Gasteiger partial charge in [-0.25, -0.2) is 4.68 Å². The number of halogens is 1. The lowest BCUT2D eigenvalue weighted by Crippen LogP contribution is -2.43. The summed E-state index contributed by atoms with van der Waals surface area (Å²) in [6.45, 7) is 9.08. The molecule has 1 amide bonds. The summed E-state index contributed by atoms with van der Waals surface area (Å²) < 4.78 is 8.92. The van der Waals surface area contributed by atoms with Crippen molar-refractivity contribution in [2.45, 2.75) is 40.2 Å². The summed E-state index contributed by atoms with van der Waals surface area (Å²) in [6.07, 6.45) is 1.49. The second-order valence-corrected chi connectivity index (χ2v) is 9.94. The second kappa shape index (κ2) is 9.46. The molecule has 0 fully saturated rings. The first-order valence-electron chi connectivity index (χ1n) is 11.9. The molecule has 3 heterocycles. The number of aromatic nitrogens is 6. The number of anilines is 1. The van der Waals surface area contributed by atoms with Crippen LogP contribution in [0.4, 0.5) is 5.82 Å². The van der Waals surface area contributed by atoms with E-state index in [9.17, 15) is 9.59 Å². The molecule has 2 aromatic carbocycles. The summed E-state index contributed by atoms with van der Waals surface area (Å²) >= 11 is 5.95. The van der Waals surface area contributed by atoms with Gasteiger partial charge in [-0.2, -0.15) is 19.9 Å². The molecule has 0 saturated heterocycles. The third kappa shape index (κ3) is 4.66. The molecule has 0 aliphatic heterocycles. The first-order chi connectivity index (χ1) is 18.0. The summed E-state index contributed by atoms with van der Waals surface area (Å²) in [4.78, 5) is 33.7. The van der Waals surface area contributed by atoms with Gasteiger partial charge in [0.1, 0.15) is 17.0 Å². The van der Waals surface area contributed by atoms with Crippen LogP contribution in [0.1, 0.15) is 30.7 Å². The highest BCUT2D eigenvalue weighted by atomic mass is 35.5. The van der Waals surface area contributed by atoms with Crippen LogP contribution in [-0.2, 0) is 4.79 Å². The van der Waals surface area contributed by atoms with Crippen LogP contribution in [-0.4, -0.2) is 41.0 Å². The van der Waals surface area contributed by atoms with Crippen molar-refractivity contribution in [3.63, 3.8) is 0 Å². The average molecular weight is 532 g/mol. The maximum absolute atomic E-state index is 13.2. The highest BCUT2D eigenvalue weighted by Gasteiger charge is 2.31. The van der Waals surface area contributed by atoms with Gasteiger partial charge in [-0.15, -0.1) is 0 Å². The van der Waals surface area contributed by atoms with Crippen molar-refractivity contribution in [3.8, 4) is 17.4 Å². The number of rotatable bonds is 6. The van der Waals surface area contributed by atoms with Crippen molar-refractivity contribution in [1.82, 2.24) is 29.5 Å². The third-order valence-electron chi connectivity index (χ3n) is 6.24. The number of carbonyl (C=O) groups excluding carboxylic acids is 1. The molecule has 11 heteroatoms. The summed E-state index contributed by atoms with van der Waals surface area (Å²) in [5.74, 6) is 0.530. The van der Waals surface area contributed by atoms with Crippen LogP contribution in [0, 0.1) is 20.8 Å². The van der Waals surface area contributed by atoms with E-state index in [4.69, 9.17) is 16.3 Å². The molecule has 194 valence electrons. The lowest BCUT2D eigenvalue weighted by atomic mass is 10.1. The van der Waals surface area contributed by atoms with Gasteiger partial charge in [0.15, 0.2) is 11.2 Å². The second-order valence-electron chi connectivity index (χ2n) is 9.51. The minimum absolute atomic E-state index is 0.134. The topological polar surface area (TPSA) is 120 Å². The van der Waals surface area contributed by atoms with Crippen LogP contribution in [0.15, 0.2) is 59.5 Å². The molecule has 0 unspecified atom stereocenters. The van der Waals surface area contributed by atoms with Crippen LogP contribution in [0.3, 0.4) is 0 Å². The normalized spacial score (nSPS) is 11.6. The molecule has 5 rings (SSSR count). The van der Waals surface area contributed by atoms with Crippen molar-refractivity contribution in [2.75, 3.05) is 5.32 Å². The Morgan fingerprint density at radius 3 is 2.55 bits per heavy atom. The van der Waals surface area contributed by atoms with E-state index in [1.165, 1.54) is 10.9 Å². The predicted molar refractivity (Wildman–Crippen MR) is 146 cm³/mol. The van der Waals surface area contributed by atoms with Crippen molar-refractivity contribution in [1.29, 1.82) is 0 Å². The molecule has 3 aromatic heterocycles. The fraction of sp³-hybridized carbons (Fsp3) is 0.222. The zero-order valence-corrected chi connectivity index (χ0v) is 22.3. The molecule has 0 atom stereocenters. The lowest BCUT2D eigenvalue weighted by Gasteiger charge is -2.25. The maximum atomic E-state index is 13.2. The molecular formula is C27H26ClN7O3. The van der Waals surface area contributed by atoms with Gasteiger partial charge >= 0.3 is 0 Å². The first-order valence-corrected chi connectivity index (χ1v) is 12.3. The Morgan fingerprint density at radius 1 is 1.08 bits per heavy atom. The molecule has 2 N–H and O–H groups in total. The fourth-order valence-corrected chi connectivity index (χ4v) is 4.13. The maximum Gasteiger partial charge on any atom is 0.269 e. The number of hydrogen-bond acceptors (Lipinski definition) is 6. The largest absolute Gasteiger partial charge is 0.478 e.